The second kappa shape index (κ2) is 6.16. The highest BCUT2D eigenvalue weighted by Gasteiger charge is 2.02. The van der Waals surface area contributed by atoms with E-state index in [0.717, 1.165) is 5.56 Å². The lowest BCUT2D eigenvalue weighted by atomic mass is 10.2. The van der Waals surface area contributed by atoms with Gasteiger partial charge in [-0.1, -0.05) is 36.4 Å². The van der Waals surface area contributed by atoms with Gasteiger partial charge in [-0.25, -0.2) is 0 Å². The molecule has 88 valence electrons. The number of nitriles is 1. The third kappa shape index (κ3) is 3.16. The molecular weight excluding hydrogens is 226 g/mol. The Balaban J connectivity index is 1.93. The van der Waals surface area contributed by atoms with Crippen molar-refractivity contribution in [2.24, 2.45) is 0 Å². The quantitative estimate of drug-likeness (QED) is 0.819. The minimum atomic E-state index is 0.262. The molecule has 1 aromatic carbocycles. The topological polar surface area (TPSA) is 58.8 Å². The van der Waals surface area contributed by atoms with E-state index in [4.69, 9.17) is 10.00 Å². The Morgan fingerprint density at radius 3 is 2.83 bits per heavy atom. The first-order valence-electron chi connectivity index (χ1n) is 5.46. The predicted octanol–water partition coefficient (Wildman–Crippen LogP) is 2.44. The van der Waals surface area contributed by atoms with Crippen LogP contribution in [0.1, 0.15) is 11.1 Å². The van der Waals surface area contributed by atoms with Gasteiger partial charge in [0.25, 0.3) is 5.88 Å². The number of aromatic nitrogens is 2. The second-order valence-corrected chi connectivity index (χ2v) is 3.49. The molecular formula is C14H11N3O. The van der Waals surface area contributed by atoms with Crippen molar-refractivity contribution in [2.75, 3.05) is 6.61 Å². The van der Waals surface area contributed by atoms with Crippen molar-refractivity contribution in [3.8, 4) is 11.9 Å². The zero-order valence-corrected chi connectivity index (χ0v) is 9.65. The molecule has 4 heteroatoms. The molecule has 0 unspecified atom stereocenters. The number of nitrogens with zero attached hydrogens (tertiary/aromatic N) is 3. The molecule has 1 heterocycles. The number of hydrogen-bond acceptors (Lipinski definition) is 4. The minimum absolute atomic E-state index is 0.262. The molecule has 0 fully saturated rings. The molecule has 0 atom stereocenters. The summed E-state index contributed by atoms with van der Waals surface area (Å²) < 4.78 is 5.37. The van der Waals surface area contributed by atoms with Crippen molar-refractivity contribution in [2.45, 2.75) is 0 Å². The first kappa shape index (κ1) is 11.8. The predicted molar refractivity (Wildman–Crippen MR) is 67.7 cm³/mol. The zero-order valence-electron chi connectivity index (χ0n) is 9.65. The Bertz CT molecular complexity index is 573. The maximum Gasteiger partial charge on any atom is 0.251 e. The largest absolute Gasteiger partial charge is 0.471 e. The highest BCUT2D eigenvalue weighted by Crippen LogP contribution is 2.11. The molecule has 2 aromatic rings. The molecule has 0 bridgehead atoms. The van der Waals surface area contributed by atoms with Crippen molar-refractivity contribution < 1.29 is 4.74 Å². The average Bonchev–Trinajstić information content (AvgIpc) is 2.45. The SMILES string of the molecule is N#Cc1ccnnc1OC/C=C/c1ccccc1. The fourth-order valence-electron chi connectivity index (χ4n) is 1.39. The van der Waals surface area contributed by atoms with E-state index in [2.05, 4.69) is 10.2 Å². The number of rotatable bonds is 4. The molecule has 0 N–H and O–H groups in total. The Morgan fingerprint density at radius 1 is 1.22 bits per heavy atom. The molecule has 0 amide bonds. The number of benzene rings is 1. The summed E-state index contributed by atoms with van der Waals surface area (Å²) in [4.78, 5) is 0. The molecule has 0 spiro atoms. The monoisotopic (exact) mass is 237 g/mol. The summed E-state index contributed by atoms with van der Waals surface area (Å²) in [5.74, 6) is 0.262. The van der Waals surface area contributed by atoms with Crippen LogP contribution in [0, 0.1) is 11.3 Å². The fourth-order valence-corrected chi connectivity index (χ4v) is 1.39. The highest BCUT2D eigenvalue weighted by atomic mass is 16.5. The second-order valence-electron chi connectivity index (χ2n) is 3.49. The molecule has 0 aliphatic carbocycles. The first-order valence-corrected chi connectivity index (χ1v) is 5.46. The van der Waals surface area contributed by atoms with Crippen LogP contribution in [0.2, 0.25) is 0 Å². The van der Waals surface area contributed by atoms with Gasteiger partial charge in [-0.3, -0.25) is 0 Å². The van der Waals surface area contributed by atoms with Crippen LogP contribution in [0.15, 0.2) is 48.7 Å². The summed E-state index contributed by atoms with van der Waals surface area (Å²) in [5, 5.41) is 16.3. The maximum absolute atomic E-state index is 8.84. The Morgan fingerprint density at radius 2 is 2.06 bits per heavy atom. The molecule has 1 aromatic heterocycles. The summed E-state index contributed by atoms with van der Waals surface area (Å²) >= 11 is 0. The summed E-state index contributed by atoms with van der Waals surface area (Å²) in [6.45, 7) is 0.349. The van der Waals surface area contributed by atoms with E-state index in [-0.39, 0.29) is 5.88 Å². The van der Waals surface area contributed by atoms with Gasteiger partial charge in [0.2, 0.25) is 0 Å². The normalized spacial score (nSPS) is 10.2. The standard InChI is InChI=1S/C14H11N3O/c15-11-13-8-9-16-17-14(13)18-10-4-7-12-5-2-1-3-6-12/h1-9H,10H2/b7-4+. The van der Waals surface area contributed by atoms with Gasteiger partial charge in [0.1, 0.15) is 18.2 Å². The molecule has 0 saturated heterocycles. The molecule has 0 radical (unpaired) electrons. The van der Waals surface area contributed by atoms with Crippen LogP contribution in [0.25, 0.3) is 6.08 Å². The first-order chi connectivity index (χ1) is 8.90. The van der Waals surface area contributed by atoms with Gasteiger partial charge >= 0.3 is 0 Å². The lowest BCUT2D eigenvalue weighted by Crippen LogP contribution is -1.99. The number of ether oxygens (including phenoxy) is 1. The Kier molecular flexibility index (Phi) is 4.04. The van der Waals surface area contributed by atoms with Gasteiger partial charge in [-0.2, -0.15) is 10.4 Å². The van der Waals surface area contributed by atoms with Crippen LogP contribution < -0.4 is 4.74 Å². The summed E-state index contributed by atoms with van der Waals surface area (Å²) in [7, 11) is 0. The molecule has 4 nitrogen and oxygen atoms in total. The lowest BCUT2D eigenvalue weighted by molar-refractivity contribution is 0.343. The van der Waals surface area contributed by atoms with Crippen LogP contribution in [-0.4, -0.2) is 16.8 Å². The van der Waals surface area contributed by atoms with Gasteiger partial charge in [-0.05, 0) is 17.7 Å². The van der Waals surface area contributed by atoms with Crippen molar-refractivity contribution in [3.63, 3.8) is 0 Å². The minimum Gasteiger partial charge on any atom is -0.471 e. The third-order valence-corrected chi connectivity index (χ3v) is 2.23. The van der Waals surface area contributed by atoms with Gasteiger partial charge in [-0.15, -0.1) is 5.10 Å². The highest BCUT2D eigenvalue weighted by molar-refractivity contribution is 5.48. The maximum atomic E-state index is 8.84. The van der Waals surface area contributed by atoms with E-state index in [1.807, 2.05) is 48.6 Å². The van der Waals surface area contributed by atoms with Crippen LogP contribution >= 0.6 is 0 Å². The van der Waals surface area contributed by atoms with Crippen LogP contribution in [0.3, 0.4) is 0 Å². The van der Waals surface area contributed by atoms with Gasteiger partial charge in [0, 0.05) is 0 Å². The number of hydrogen-bond donors (Lipinski definition) is 0. The fraction of sp³-hybridized carbons (Fsp3) is 0.0714. The molecule has 0 aliphatic rings. The molecule has 0 aliphatic heterocycles. The lowest BCUT2D eigenvalue weighted by Gasteiger charge is -2.01. The van der Waals surface area contributed by atoms with Crippen LogP contribution in [0.5, 0.6) is 5.88 Å². The Hall–Kier alpha value is -2.67. The average molecular weight is 237 g/mol. The van der Waals surface area contributed by atoms with E-state index in [1.54, 1.807) is 6.07 Å². The molecule has 2 rings (SSSR count). The van der Waals surface area contributed by atoms with E-state index < -0.39 is 0 Å². The molecule has 0 saturated carbocycles. The van der Waals surface area contributed by atoms with E-state index in [0.29, 0.717) is 12.2 Å². The summed E-state index contributed by atoms with van der Waals surface area (Å²) in [6, 6.07) is 13.5. The van der Waals surface area contributed by atoms with Crippen molar-refractivity contribution in [1.29, 1.82) is 5.26 Å². The van der Waals surface area contributed by atoms with Crippen molar-refractivity contribution in [3.05, 3.63) is 59.8 Å². The zero-order chi connectivity index (χ0) is 12.6. The Labute approximate surface area is 105 Å². The smallest absolute Gasteiger partial charge is 0.251 e. The van der Waals surface area contributed by atoms with E-state index in [1.165, 1.54) is 6.20 Å². The van der Waals surface area contributed by atoms with Crippen molar-refractivity contribution in [1.82, 2.24) is 10.2 Å². The summed E-state index contributed by atoms with van der Waals surface area (Å²) in [5.41, 5.74) is 1.49. The van der Waals surface area contributed by atoms with Crippen molar-refractivity contribution >= 4 is 6.08 Å². The van der Waals surface area contributed by atoms with Crippen LogP contribution in [0.4, 0.5) is 0 Å². The van der Waals surface area contributed by atoms with Gasteiger partial charge < -0.3 is 4.74 Å². The summed E-state index contributed by atoms with van der Waals surface area (Å²) in [6.07, 6.45) is 5.28. The van der Waals surface area contributed by atoms with E-state index in [9.17, 15) is 0 Å². The molecule has 18 heavy (non-hydrogen) atoms. The van der Waals surface area contributed by atoms with Gasteiger partial charge in [0.15, 0.2) is 0 Å². The van der Waals surface area contributed by atoms with E-state index >= 15 is 0 Å². The van der Waals surface area contributed by atoms with Crippen LogP contribution in [-0.2, 0) is 0 Å². The van der Waals surface area contributed by atoms with Gasteiger partial charge in [0.05, 0.1) is 6.20 Å². The third-order valence-electron chi connectivity index (χ3n) is 2.23.